The molecule has 5 aromatic heterocycles. The van der Waals surface area contributed by atoms with Crippen molar-refractivity contribution in [2.75, 3.05) is 0 Å². The fraction of sp³-hybridized carbons (Fsp3) is 0. The SMILES string of the molecule is c1ccc(-c2ccc(-c3nc(-n4c5ccccc5c5c6c7ccccc7n7c8ccc(-c9ccccc9)cc8c(cc54)c67)nc4c3sc3ccccc34)cc2)cc1. The van der Waals surface area contributed by atoms with Crippen LogP contribution in [-0.2, 0) is 0 Å². The van der Waals surface area contributed by atoms with Gasteiger partial charge in [0.05, 0.1) is 43.5 Å². The summed E-state index contributed by atoms with van der Waals surface area (Å²) < 4.78 is 7.10. The molecule has 5 heterocycles. The van der Waals surface area contributed by atoms with Gasteiger partial charge in [0, 0.05) is 48.0 Å². The molecule has 0 radical (unpaired) electrons. The van der Waals surface area contributed by atoms with E-state index in [1.54, 1.807) is 11.3 Å². The highest BCUT2D eigenvalue weighted by atomic mass is 32.1. The molecule has 0 N–H and O–H groups in total. The second-order valence-corrected chi connectivity index (χ2v) is 16.0. The van der Waals surface area contributed by atoms with Gasteiger partial charge in [0.25, 0.3) is 0 Å². The largest absolute Gasteiger partial charge is 0.308 e. The predicted octanol–water partition coefficient (Wildman–Crippen LogP) is 14.1. The number of hydrogen-bond acceptors (Lipinski definition) is 3. The van der Waals surface area contributed by atoms with Crippen molar-refractivity contribution in [3.63, 3.8) is 0 Å². The molecular formula is C52H30N4S. The van der Waals surface area contributed by atoms with Crippen LogP contribution in [0.3, 0.4) is 0 Å². The summed E-state index contributed by atoms with van der Waals surface area (Å²) in [6.07, 6.45) is 0. The van der Waals surface area contributed by atoms with Crippen molar-refractivity contribution < 1.29 is 0 Å². The van der Waals surface area contributed by atoms with Crippen LogP contribution in [0.2, 0.25) is 0 Å². The van der Waals surface area contributed by atoms with Gasteiger partial charge in [0.2, 0.25) is 5.95 Å². The van der Waals surface area contributed by atoms with Crippen molar-refractivity contribution in [1.29, 1.82) is 0 Å². The summed E-state index contributed by atoms with van der Waals surface area (Å²) in [5, 5.41) is 8.54. The van der Waals surface area contributed by atoms with E-state index in [1.807, 2.05) is 0 Å². The van der Waals surface area contributed by atoms with Gasteiger partial charge in [-0.25, -0.2) is 9.97 Å². The molecule has 0 unspecified atom stereocenters. The van der Waals surface area contributed by atoms with Gasteiger partial charge in [-0.15, -0.1) is 11.3 Å². The van der Waals surface area contributed by atoms with Gasteiger partial charge in [0.1, 0.15) is 0 Å². The lowest BCUT2D eigenvalue weighted by Crippen LogP contribution is -2.02. The summed E-state index contributed by atoms with van der Waals surface area (Å²) in [7, 11) is 0. The van der Waals surface area contributed by atoms with E-state index < -0.39 is 0 Å². The van der Waals surface area contributed by atoms with Crippen molar-refractivity contribution >= 4 is 91.5 Å². The molecule has 0 fully saturated rings. The number of fused-ring (bicyclic) bond motifs is 13. The lowest BCUT2D eigenvalue weighted by atomic mass is 10.00. The maximum Gasteiger partial charge on any atom is 0.235 e. The zero-order valence-electron chi connectivity index (χ0n) is 30.5. The van der Waals surface area contributed by atoms with E-state index in [0.717, 1.165) is 37.9 Å². The number of para-hydroxylation sites is 2. The molecule has 0 saturated carbocycles. The molecule has 0 aliphatic heterocycles. The number of benzene rings is 8. The molecule has 4 nitrogen and oxygen atoms in total. The zero-order chi connectivity index (χ0) is 37.2. The van der Waals surface area contributed by atoms with Crippen LogP contribution in [0.1, 0.15) is 0 Å². The van der Waals surface area contributed by atoms with Gasteiger partial charge in [-0.1, -0.05) is 146 Å². The zero-order valence-corrected chi connectivity index (χ0v) is 31.3. The molecule has 0 aliphatic rings. The minimum atomic E-state index is 0.672. The van der Waals surface area contributed by atoms with Crippen LogP contribution in [-0.4, -0.2) is 18.9 Å². The quantitative estimate of drug-likeness (QED) is 0.180. The van der Waals surface area contributed by atoms with Crippen LogP contribution in [0.5, 0.6) is 0 Å². The first-order valence-corrected chi connectivity index (χ1v) is 20.2. The molecule has 0 saturated heterocycles. The molecule has 0 bridgehead atoms. The molecule has 13 aromatic rings. The van der Waals surface area contributed by atoms with E-state index in [2.05, 4.69) is 191 Å². The second-order valence-electron chi connectivity index (χ2n) is 14.9. The Morgan fingerprint density at radius 3 is 1.74 bits per heavy atom. The Balaban J connectivity index is 1.16. The second kappa shape index (κ2) is 11.6. The minimum absolute atomic E-state index is 0.672. The van der Waals surface area contributed by atoms with Crippen molar-refractivity contribution in [2.45, 2.75) is 0 Å². The molecular weight excluding hydrogens is 713 g/mol. The maximum atomic E-state index is 5.57. The van der Waals surface area contributed by atoms with Crippen LogP contribution in [0.4, 0.5) is 0 Å². The smallest absolute Gasteiger partial charge is 0.235 e. The van der Waals surface area contributed by atoms with Crippen LogP contribution in [0.25, 0.3) is 120 Å². The third kappa shape index (κ3) is 4.32. The highest BCUT2D eigenvalue weighted by Gasteiger charge is 2.26. The fourth-order valence-electron chi connectivity index (χ4n) is 9.37. The highest BCUT2D eigenvalue weighted by molar-refractivity contribution is 7.26. The van der Waals surface area contributed by atoms with Crippen LogP contribution >= 0.6 is 11.3 Å². The summed E-state index contributed by atoms with van der Waals surface area (Å²) in [6, 6.07) is 65.7. The third-order valence-electron chi connectivity index (χ3n) is 11.9. The minimum Gasteiger partial charge on any atom is -0.308 e. The van der Waals surface area contributed by atoms with Crippen molar-refractivity contribution in [1.82, 2.24) is 18.9 Å². The number of thiophene rings is 1. The Morgan fingerprint density at radius 1 is 0.386 bits per heavy atom. The van der Waals surface area contributed by atoms with Crippen molar-refractivity contribution in [3.05, 3.63) is 182 Å². The maximum absolute atomic E-state index is 5.57. The molecule has 0 atom stereocenters. The van der Waals surface area contributed by atoms with E-state index >= 15 is 0 Å². The Kier molecular flexibility index (Phi) is 6.29. The number of rotatable bonds is 4. The summed E-state index contributed by atoms with van der Waals surface area (Å²) in [5.41, 5.74) is 13.7. The summed E-state index contributed by atoms with van der Waals surface area (Å²) in [5.74, 6) is 0.672. The predicted molar refractivity (Wildman–Crippen MR) is 240 cm³/mol. The van der Waals surface area contributed by atoms with Gasteiger partial charge in [0.15, 0.2) is 0 Å². The standard InChI is InChI=1S/C52H30N4S/c1-3-13-31(14-4-1)33-23-25-34(26-24-33)48-51-49(38-19-9-12-22-45(38)57-51)54-52(53-48)56-42-21-11-7-17-36(42)46-44(56)30-40-39-29-35(32-15-5-2-6-16-32)27-28-43(39)55-41-20-10-8-18-37(41)47(46)50(40)55/h1-30H. The molecule has 0 amide bonds. The lowest BCUT2D eigenvalue weighted by molar-refractivity contribution is 1.02. The summed E-state index contributed by atoms with van der Waals surface area (Å²) in [4.78, 5) is 11.1. The topological polar surface area (TPSA) is 35.1 Å². The van der Waals surface area contributed by atoms with Gasteiger partial charge in [-0.2, -0.15) is 0 Å². The fourth-order valence-corrected chi connectivity index (χ4v) is 10.5. The van der Waals surface area contributed by atoms with Crippen LogP contribution in [0, 0.1) is 0 Å². The molecule has 0 aliphatic carbocycles. The summed E-state index contributed by atoms with van der Waals surface area (Å²) >= 11 is 1.77. The van der Waals surface area contributed by atoms with E-state index in [9.17, 15) is 0 Å². The third-order valence-corrected chi connectivity index (χ3v) is 13.0. The number of hydrogen-bond donors (Lipinski definition) is 0. The highest BCUT2D eigenvalue weighted by Crippen LogP contribution is 2.47. The van der Waals surface area contributed by atoms with E-state index in [-0.39, 0.29) is 0 Å². The monoisotopic (exact) mass is 742 g/mol. The molecule has 57 heavy (non-hydrogen) atoms. The van der Waals surface area contributed by atoms with Gasteiger partial charge >= 0.3 is 0 Å². The molecule has 5 heteroatoms. The average Bonchev–Trinajstić information content (AvgIpc) is 4.02. The first-order valence-electron chi connectivity index (χ1n) is 19.3. The van der Waals surface area contributed by atoms with Crippen LogP contribution in [0.15, 0.2) is 182 Å². The van der Waals surface area contributed by atoms with E-state index in [4.69, 9.17) is 9.97 Å². The molecule has 264 valence electrons. The normalized spacial score (nSPS) is 12.2. The lowest BCUT2D eigenvalue weighted by Gasteiger charge is -2.11. The van der Waals surface area contributed by atoms with Gasteiger partial charge in [-0.05, 0) is 58.7 Å². The molecule has 13 rings (SSSR count). The van der Waals surface area contributed by atoms with E-state index in [1.165, 1.54) is 75.8 Å². The number of aromatic nitrogens is 4. The number of nitrogens with zero attached hydrogens (tertiary/aromatic N) is 4. The van der Waals surface area contributed by atoms with Crippen molar-refractivity contribution in [3.8, 4) is 39.5 Å². The Labute approximate surface area is 330 Å². The Morgan fingerprint density at radius 2 is 0.965 bits per heavy atom. The van der Waals surface area contributed by atoms with Gasteiger partial charge < -0.3 is 4.40 Å². The first kappa shape index (κ1) is 30.9. The van der Waals surface area contributed by atoms with Crippen molar-refractivity contribution in [2.24, 2.45) is 0 Å². The first-order chi connectivity index (χ1) is 28.3. The molecule has 0 spiro atoms. The summed E-state index contributed by atoms with van der Waals surface area (Å²) in [6.45, 7) is 0. The van der Waals surface area contributed by atoms with Gasteiger partial charge in [-0.3, -0.25) is 4.57 Å². The Bertz CT molecular complexity index is 3730. The Hall–Kier alpha value is -7.34. The molecule has 8 aromatic carbocycles. The van der Waals surface area contributed by atoms with E-state index in [0.29, 0.717) is 5.95 Å². The average molecular weight is 743 g/mol. The van der Waals surface area contributed by atoms with Crippen LogP contribution < -0.4 is 0 Å².